The first-order valence-electron chi connectivity index (χ1n) is 12.2. The second-order valence-electron chi connectivity index (χ2n) is 8.81. The Morgan fingerprint density at radius 3 is 2.27 bits per heavy atom. The van der Waals surface area contributed by atoms with Crippen molar-refractivity contribution in [3.63, 3.8) is 0 Å². The summed E-state index contributed by atoms with van der Waals surface area (Å²) in [6.07, 6.45) is -1.35. The van der Waals surface area contributed by atoms with Crippen LogP contribution in [0.5, 0.6) is 0 Å². The van der Waals surface area contributed by atoms with E-state index < -0.39 is 24.2 Å². The van der Waals surface area contributed by atoms with E-state index in [1.165, 1.54) is 6.92 Å². The normalized spacial score (nSPS) is 14.4. The fourth-order valence-corrected chi connectivity index (χ4v) is 4.24. The number of hydrogen-bond donors (Lipinski definition) is 1. The van der Waals surface area contributed by atoms with Gasteiger partial charge in [0, 0.05) is 13.5 Å². The predicted molar refractivity (Wildman–Crippen MR) is 136 cm³/mol. The first kappa shape index (κ1) is 25.8. The lowest BCUT2D eigenvalue weighted by atomic mass is 9.94. The number of carbonyl (C=O) groups is 3. The van der Waals surface area contributed by atoms with Crippen LogP contribution in [0.1, 0.15) is 35.3 Å². The molecule has 0 aliphatic carbocycles. The van der Waals surface area contributed by atoms with E-state index in [1.807, 2.05) is 84.9 Å². The van der Waals surface area contributed by atoms with Gasteiger partial charge in [-0.05, 0) is 28.7 Å². The molecule has 2 amide bonds. The predicted octanol–water partition coefficient (Wildman–Crippen LogP) is 4.78. The number of cyclic esters (lactones) is 1. The Labute approximate surface area is 216 Å². The molecule has 8 nitrogen and oxygen atoms in total. The van der Waals surface area contributed by atoms with Crippen molar-refractivity contribution >= 4 is 18.2 Å². The fourth-order valence-electron chi connectivity index (χ4n) is 4.24. The molecule has 0 bridgehead atoms. The average Bonchev–Trinajstić information content (AvgIpc) is 3.31. The molecule has 1 heterocycles. The summed E-state index contributed by atoms with van der Waals surface area (Å²) in [5.74, 6) is -0.476. The zero-order valence-corrected chi connectivity index (χ0v) is 20.7. The van der Waals surface area contributed by atoms with Crippen LogP contribution < -0.4 is 5.32 Å². The van der Waals surface area contributed by atoms with E-state index in [9.17, 15) is 14.4 Å². The number of alkyl carbamates (subject to hydrolysis) is 1. The molecule has 1 saturated heterocycles. The molecule has 0 aromatic heterocycles. The van der Waals surface area contributed by atoms with Gasteiger partial charge in [-0.15, -0.1) is 0 Å². The molecule has 8 heteroatoms. The van der Waals surface area contributed by atoms with Crippen molar-refractivity contribution in [1.29, 1.82) is 0 Å². The van der Waals surface area contributed by atoms with Crippen LogP contribution in [0.2, 0.25) is 0 Å². The lowest BCUT2D eigenvalue weighted by Gasteiger charge is -2.28. The van der Waals surface area contributed by atoms with Crippen molar-refractivity contribution in [1.82, 2.24) is 10.2 Å². The maximum Gasteiger partial charge on any atom is 0.410 e. The topological polar surface area (TPSA) is 94.2 Å². The molecule has 3 aromatic carbocycles. The van der Waals surface area contributed by atoms with Gasteiger partial charge in [0.15, 0.2) is 0 Å². The van der Waals surface area contributed by atoms with E-state index in [4.69, 9.17) is 14.2 Å². The van der Waals surface area contributed by atoms with Gasteiger partial charge in [0.2, 0.25) is 0 Å². The summed E-state index contributed by atoms with van der Waals surface area (Å²) in [5, 5.41) is 2.92. The Balaban J connectivity index is 1.57. The van der Waals surface area contributed by atoms with Crippen LogP contribution >= 0.6 is 0 Å². The van der Waals surface area contributed by atoms with Gasteiger partial charge in [-0.3, -0.25) is 4.79 Å². The van der Waals surface area contributed by atoms with Crippen molar-refractivity contribution < 1.29 is 28.6 Å². The van der Waals surface area contributed by atoms with Crippen molar-refractivity contribution in [2.75, 3.05) is 13.2 Å². The minimum absolute atomic E-state index is 0.115. The molecule has 192 valence electrons. The third-order valence-electron chi connectivity index (χ3n) is 5.97. The van der Waals surface area contributed by atoms with Crippen molar-refractivity contribution in [3.8, 4) is 0 Å². The number of amides is 2. The van der Waals surface area contributed by atoms with Gasteiger partial charge in [-0.1, -0.05) is 84.9 Å². The van der Waals surface area contributed by atoms with Crippen LogP contribution in [0.15, 0.2) is 84.9 Å². The van der Waals surface area contributed by atoms with Crippen LogP contribution in [0.4, 0.5) is 9.59 Å². The minimum atomic E-state index is -0.785. The monoisotopic (exact) mass is 502 g/mol. The van der Waals surface area contributed by atoms with Crippen LogP contribution in [0.25, 0.3) is 0 Å². The molecule has 1 aliphatic heterocycles. The molecule has 1 N–H and O–H groups in total. The molecule has 2 atom stereocenters. The molecular formula is C29H30N2O6. The summed E-state index contributed by atoms with van der Waals surface area (Å²) >= 11 is 0. The molecule has 1 fully saturated rings. The van der Waals surface area contributed by atoms with E-state index in [2.05, 4.69) is 5.32 Å². The van der Waals surface area contributed by atoms with E-state index in [0.717, 1.165) is 16.7 Å². The Morgan fingerprint density at radius 1 is 0.946 bits per heavy atom. The first-order valence-corrected chi connectivity index (χ1v) is 12.2. The SMILES string of the molecule is CC(=O)OC(c1cccc(CN2CCOC2=O)c1)C(Cc1ccccc1)NC(=O)OCc1ccccc1. The molecule has 1 aliphatic rings. The number of carbonyl (C=O) groups excluding carboxylic acids is 3. The lowest BCUT2D eigenvalue weighted by molar-refractivity contribution is -0.148. The molecule has 37 heavy (non-hydrogen) atoms. The highest BCUT2D eigenvalue weighted by molar-refractivity contribution is 5.70. The molecule has 0 spiro atoms. The molecule has 0 saturated carbocycles. The fraction of sp³-hybridized carbons (Fsp3) is 0.276. The summed E-state index contributed by atoms with van der Waals surface area (Å²) in [7, 11) is 0. The largest absolute Gasteiger partial charge is 0.455 e. The average molecular weight is 503 g/mol. The maximum absolute atomic E-state index is 12.8. The van der Waals surface area contributed by atoms with Crippen molar-refractivity contribution in [2.45, 2.75) is 38.6 Å². The number of hydrogen-bond acceptors (Lipinski definition) is 6. The van der Waals surface area contributed by atoms with Gasteiger partial charge in [-0.2, -0.15) is 0 Å². The Morgan fingerprint density at radius 2 is 1.62 bits per heavy atom. The molecular weight excluding hydrogens is 472 g/mol. The first-order chi connectivity index (χ1) is 18.0. The van der Waals surface area contributed by atoms with Gasteiger partial charge >= 0.3 is 18.2 Å². The third kappa shape index (κ3) is 7.57. The molecule has 3 aromatic rings. The summed E-state index contributed by atoms with van der Waals surface area (Å²) in [6, 6.07) is 25.9. The van der Waals surface area contributed by atoms with Crippen molar-refractivity contribution in [3.05, 3.63) is 107 Å². The van der Waals surface area contributed by atoms with E-state index in [-0.39, 0.29) is 12.7 Å². The van der Waals surface area contributed by atoms with Crippen LogP contribution in [-0.4, -0.2) is 42.2 Å². The molecule has 0 radical (unpaired) electrons. The van der Waals surface area contributed by atoms with Gasteiger partial charge in [0.1, 0.15) is 19.3 Å². The van der Waals surface area contributed by atoms with Crippen LogP contribution in [0.3, 0.4) is 0 Å². The number of nitrogens with zero attached hydrogens (tertiary/aromatic N) is 1. The Hall–Kier alpha value is -4.33. The van der Waals surface area contributed by atoms with Gasteiger partial charge in [0.05, 0.1) is 12.6 Å². The third-order valence-corrected chi connectivity index (χ3v) is 5.97. The highest BCUT2D eigenvalue weighted by Gasteiger charge is 2.29. The standard InChI is InChI=1S/C29H30N2O6/c1-21(32)37-27(25-14-8-13-24(17-25)19-31-15-16-35-29(31)34)26(18-22-9-4-2-5-10-22)30-28(33)36-20-23-11-6-3-7-12-23/h2-14,17,26-27H,15-16,18-20H2,1H3,(H,30,33). The van der Waals surface area contributed by atoms with Gasteiger partial charge < -0.3 is 24.4 Å². The lowest BCUT2D eigenvalue weighted by Crippen LogP contribution is -2.42. The van der Waals surface area contributed by atoms with Crippen LogP contribution in [0, 0.1) is 0 Å². The summed E-state index contributed by atoms with van der Waals surface area (Å²) in [4.78, 5) is 38.5. The number of esters is 1. The zero-order chi connectivity index (χ0) is 26.0. The smallest absolute Gasteiger partial charge is 0.410 e. The minimum Gasteiger partial charge on any atom is -0.455 e. The second kappa shape index (κ2) is 12.6. The number of benzene rings is 3. The van der Waals surface area contributed by atoms with Crippen LogP contribution in [-0.2, 0) is 38.6 Å². The zero-order valence-electron chi connectivity index (χ0n) is 20.7. The van der Waals surface area contributed by atoms with E-state index in [0.29, 0.717) is 31.7 Å². The summed E-state index contributed by atoms with van der Waals surface area (Å²) < 4.78 is 16.3. The quantitative estimate of drug-likeness (QED) is 0.317. The Bertz CT molecular complexity index is 1200. The Kier molecular flexibility index (Phi) is 8.75. The van der Waals surface area contributed by atoms with E-state index >= 15 is 0 Å². The number of nitrogens with one attached hydrogen (secondary N) is 1. The van der Waals surface area contributed by atoms with E-state index in [1.54, 1.807) is 4.90 Å². The summed E-state index contributed by atoms with van der Waals surface area (Å²) in [5.41, 5.74) is 3.38. The van der Waals surface area contributed by atoms with Gasteiger partial charge in [-0.25, -0.2) is 9.59 Å². The van der Waals surface area contributed by atoms with Gasteiger partial charge in [0.25, 0.3) is 0 Å². The highest BCUT2D eigenvalue weighted by atomic mass is 16.6. The second-order valence-corrected chi connectivity index (χ2v) is 8.81. The van der Waals surface area contributed by atoms with Crippen molar-refractivity contribution in [2.24, 2.45) is 0 Å². The highest BCUT2D eigenvalue weighted by Crippen LogP contribution is 2.26. The number of ether oxygens (including phenoxy) is 3. The molecule has 2 unspecified atom stereocenters. The summed E-state index contributed by atoms with van der Waals surface area (Å²) in [6.45, 7) is 2.70. The number of rotatable bonds is 10. The molecule has 4 rings (SSSR count). The maximum atomic E-state index is 12.8.